The predicted octanol–water partition coefficient (Wildman–Crippen LogP) is 3.16. The van der Waals surface area contributed by atoms with E-state index in [1.165, 1.54) is 18.9 Å². The average molecular weight is 241 g/mol. The standard InChI is InChI=1S/C11H13ClN2O2/c1-8-9(13-6-2-3-7-13)4-5-10(11(8)12)14(15)16/h4-5H,2-3,6-7H2,1H3. The maximum atomic E-state index is 10.7. The molecule has 0 spiro atoms. The molecule has 16 heavy (non-hydrogen) atoms. The summed E-state index contributed by atoms with van der Waals surface area (Å²) in [5.74, 6) is 0. The van der Waals surface area contributed by atoms with E-state index in [0.29, 0.717) is 0 Å². The van der Waals surface area contributed by atoms with Crippen LogP contribution in [-0.2, 0) is 0 Å². The summed E-state index contributed by atoms with van der Waals surface area (Å²) in [6.45, 7) is 3.85. The van der Waals surface area contributed by atoms with Crippen molar-refractivity contribution < 1.29 is 4.92 Å². The van der Waals surface area contributed by atoms with Gasteiger partial charge in [0, 0.05) is 24.8 Å². The van der Waals surface area contributed by atoms with Crippen LogP contribution in [0.2, 0.25) is 5.02 Å². The van der Waals surface area contributed by atoms with E-state index in [2.05, 4.69) is 4.90 Å². The van der Waals surface area contributed by atoms with E-state index >= 15 is 0 Å². The number of nitrogens with zero attached hydrogens (tertiary/aromatic N) is 2. The molecule has 1 aromatic carbocycles. The molecular weight excluding hydrogens is 228 g/mol. The van der Waals surface area contributed by atoms with Crippen LogP contribution in [0.25, 0.3) is 0 Å². The minimum absolute atomic E-state index is 0.0119. The Hall–Kier alpha value is -1.29. The SMILES string of the molecule is Cc1c(N2CCCC2)ccc([N+](=O)[O-])c1Cl. The molecule has 1 aromatic rings. The van der Waals surface area contributed by atoms with Crippen molar-refractivity contribution in [2.75, 3.05) is 18.0 Å². The maximum Gasteiger partial charge on any atom is 0.288 e. The molecular formula is C11H13ClN2O2. The van der Waals surface area contributed by atoms with Crippen LogP contribution in [-0.4, -0.2) is 18.0 Å². The number of nitro groups is 1. The molecule has 1 saturated heterocycles. The first-order valence-electron chi connectivity index (χ1n) is 5.29. The summed E-state index contributed by atoms with van der Waals surface area (Å²) in [6, 6.07) is 3.29. The Morgan fingerprint density at radius 2 is 2.00 bits per heavy atom. The van der Waals surface area contributed by atoms with E-state index in [9.17, 15) is 10.1 Å². The Morgan fingerprint density at radius 3 is 2.56 bits per heavy atom. The van der Waals surface area contributed by atoms with Crippen LogP contribution in [0.15, 0.2) is 12.1 Å². The molecule has 86 valence electrons. The third-order valence-corrected chi connectivity index (χ3v) is 3.46. The first-order valence-corrected chi connectivity index (χ1v) is 5.67. The second-order valence-electron chi connectivity index (χ2n) is 3.99. The molecule has 0 bridgehead atoms. The highest BCUT2D eigenvalue weighted by atomic mass is 35.5. The topological polar surface area (TPSA) is 46.4 Å². The van der Waals surface area contributed by atoms with E-state index in [0.717, 1.165) is 24.3 Å². The normalized spacial score (nSPS) is 15.5. The van der Waals surface area contributed by atoms with Gasteiger partial charge in [0.25, 0.3) is 5.69 Å². The highest BCUT2D eigenvalue weighted by Crippen LogP contribution is 2.35. The van der Waals surface area contributed by atoms with Crippen molar-refractivity contribution in [2.45, 2.75) is 19.8 Å². The zero-order valence-corrected chi connectivity index (χ0v) is 9.83. The summed E-state index contributed by atoms with van der Waals surface area (Å²) in [6.07, 6.45) is 2.35. The number of halogens is 1. The van der Waals surface area contributed by atoms with Crippen molar-refractivity contribution in [3.63, 3.8) is 0 Å². The molecule has 0 aliphatic carbocycles. The van der Waals surface area contributed by atoms with Gasteiger partial charge in [-0.15, -0.1) is 0 Å². The van der Waals surface area contributed by atoms with Crippen molar-refractivity contribution in [3.05, 3.63) is 32.8 Å². The number of rotatable bonds is 2. The second-order valence-corrected chi connectivity index (χ2v) is 4.37. The van der Waals surface area contributed by atoms with E-state index < -0.39 is 4.92 Å². The lowest BCUT2D eigenvalue weighted by Gasteiger charge is -2.20. The van der Waals surface area contributed by atoms with Gasteiger partial charge in [-0.1, -0.05) is 11.6 Å². The monoisotopic (exact) mass is 240 g/mol. The van der Waals surface area contributed by atoms with Gasteiger partial charge in [0.1, 0.15) is 5.02 Å². The summed E-state index contributed by atoms with van der Waals surface area (Å²) >= 11 is 6.00. The Morgan fingerprint density at radius 1 is 1.38 bits per heavy atom. The van der Waals surface area contributed by atoms with Gasteiger partial charge in [0.15, 0.2) is 0 Å². The summed E-state index contributed by atoms with van der Waals surface area (Å²) < 4.78 is 0. The van der Waals surface area contributed by atoms with Gasteiger partial charge in [-0.3, -0.25) is 10.1 Å². The average Bonchev–Trinajstić information content (AvgIpc) is 2.74. The van der Waals surface area contributed by atoms with Gasteiger partial charge in [0.05, 0.1) is 4.92 Å². The molecule has 0 radical (unpaired) electrons. The molecule has 0 atom stereocenters. The van der Waals surface area contributed by atoms with E-state index in [4.69, 9.17) is 11.6 Å². The molecule has 0 N–H and O–H groups in total. The van der Waals surface area contributed by atoms with Crippen molar-refractivity contribution in [3.8, 4) is 0 Å². The van der Waals surface area contributed by atoms with Crippen molar-refractivity contribution in [2.24, 2.45) is 0 Å². The minimum Gasteiger partial charge on any atom is -0.371 e. The van der Waals surface area contributed by atoms with Crippen LogP contribution < -0.4 is 4.90 Å². The largest absolute Gasteiger partial charge is 0.371 e. The summed E-state index contributed by atoms with van der Waals surface area (Å²) in [5.41, 5.74) is 1.81. The van der Waals surface area contributed by atoms with Gasteiger partial charge >= 0.3 is 0 Å². The number of benzene rings is 1. The lowest BCUT2D eigenvalue weighted by atomic mass is 10.1. The number of nitro benzene ring substituents is 1. The Bertz CT molecular complexity index is 428. The molecule has 2 rings (SSSR count). The van der Waals surface area contributed by atoms with Gasteiger partial charge in [-0.05, 0) is 31.4 Å². The maximum absolute atomic E-state index is 10.7. The summed E-state index contributed by atoms with van der Waals surface area (Å²) in [5, 5.41) is 11.0. The predicted molar refractivity (Wildman–Crippen MR) is 64.3 cm³/mol. The van der Waals surface area contributed by atoms with E-state index in [1.807, 2.05) is 6.92 Å². The Kier molecular flexibility index (Phi) is 3.01. The lowest BCUT2D eigenvalue weighted by Crippen LogP contribution is -2.18. The number of hydrogen-bond donors (Lipinski definition) is 0. The molecule has 0 aromatic heterocycles. The lowest BCUT2D eigenvalue weighted by molar-refractivity contribution is -0.384. The highest BCUT2D eigenvalue weighted by molar-refractivity contribution is 6.33. The molecule has 0 unspecified atom stereocenters. The Balaban J connectivity index is 2.41. The fraction of sp³-hybridized carbons (Fsp3) is 0.455. The van der Waals surface area contributed by atoms with Crippen LogP contribution in [0.5, 0.6) is 0 Å². The van der Waals surface area contributed by atoms with Crippen LogP contribution in [0.3, 0.4) is 0 Å². The van der Waals surface area contributed by atoms with Crippen molar-refractivity contribution in [1.29, 1.82) is 0 Å². The molecule has 1 aliphatic rings. The van der Waals surface area contributed by atoms with Gasteiger partial charge in [0.2, 0.25) is 0 Å². The third-order valence-electron chi connectivity index (χ3n) is 2.98. The first kappa shape index (κ1) is 11.2. The molecule has 0 amide bonds. The van der Waals surface area contributed by atoms with Gasteiger partial charge < -0.3 is 4.90 Å². The van der Waals surface area contributed by atoms with Crippen LogP contribution in [0.4, 0.5) is 11.4 Å². The zero-order chi connectivity index (χ0) is 11.7. The zero-order valence-electron chi connectivity index (χ0n) is 9.07. The van der Waals surface area contributed by atoms with Crippen LogP contribution in [0.1, 0.15) is 18.4 Å². The Labute approximate surface area is 99.0 Å². The molecule has 1 fully saturated rings. The summed E-state index contributed by atoms with van der Waals surface area (Å²) in [7, 11) is 0. The molecule has 0 saturated carbocycles. The van der Waals surface area contributed by atoms with Crippen molar-refractivity contribution >= 4 is 23.0 Å². The van der Waals surface area contributed by atoms with Gasteiger partial charge in [-0.25, -0.2) is 0 Å². The molecule has 1 heterocycles. The third kappa shape index (κ3) is 1.85. The first-order chi connectivity index (χ1) is 7.61. The quantitative estimate of drug-likeness (QED) is 0.589. The van der Waals surface area contributed by atoms with E-state index in [1.54, 1.807) is 6.07 Å². The smallest absolute Gasteiger partial charge is 0.288 e. The number of anilines is 1. The second kappa shape index (κ2) is 4.29. The van der Waals surface area contributed by atoms with Crippen LogP contribution >= 0.6 is 11.6 Å². The van der Waals surface area contributed by atoms with Crippen molar-refractivity contribution in [1.82, 2.24) is 0 Å². The molecule has 5 heteroatoms. The molecule has 1 aliphatic heterocycles. The van der Waals surface area contributed by atoms with Crippen LogP contribution in [0, 0.1) is 17.0 Å². The summed E-state index contributed by atoms with van der Waals surface area (Å²) in [4.78, 5) is 12.5. The minimum atomic E-state index is -0.441. The fourth-order valence-corrected chi connectivity index (χ4v) is 2.33. The number of hydrogen-bond acceptors (Lipinski definition) is 3. The molecule has 4 nitrogen and oxygen atoms in total. The van der Waals surface area contributed by atoms with E-state index in [-0.39, 0.29) is 10.7 Å². The fourth-order valence-electron chi connectivity index (χ4n) is 2.10. The highest BCUT2D eigenvalue weighted by Gasteiger charge is 2.21. The van der Waals surface area contributed by atoms with Gasteiger partial charge in [-0.2, -0.15) is 0 Å².